The highest BCUT2D eigenvalue weighted by Gasteiger charge is 2.30. The van der Waals surface area contributed by atoms with Crippen LogP contribution in [-0.4, -0.2) is 32.7 Å². The SMILES string of the molecule is C=CN.CNc1ccc(Cn2c(CC(C)(C)C(=O)O)nc3cc(OCc4ccc5ccccc5n4)ccc32)cc1. The Morgan fingerprint density at radius 1 is 1.05 bits per heavy atom. The maximum atomic E-state index is 11.9. The number of carboxylic acid groups (broad SMARTS) is 1. The van der Waals surface area contributed by atoms with Crippen molar-refractivity contribution in [2.24, 2.45) is 11.1 Å². The third kappa shape index (κ3) is 6.58. The maximum absolute atomic E-state index is 11.9. The summed E-state index contributed by atoms with van der Waals surface area (Å²) in [5.41, 5.74) is 9.29. The molecule has 5 aromatic rings. The van der Waals surface area contributed by atoms with Gasteiger partial charge in [0.15, 0.2) is 0 Å². The second kappa shape index (κ2) is 12.3. The number of benzene rings is 3. The van der Waals surface area contributed by atoms with Crippen molar-refractivity contribution in [2.75, 3.05) is 12.4 Å². The van der Waals surface area contributed by atoms with Gasteiger partial charge in [0.2, 0.25) is 0 Å². The quantitative estimate of drug-likeness (QED) is 0.211. The molecule has 8 heteroatoms. The normalized spacial score (nSPS) is 11.1. The van der Waals surface area contributed by atoms with E-state index in [9.17, 15) is 9.90 Å². The molecule has 0 unspecified atom stereocenters. The van der Waals surface area contributed by atoms with Gasteiger partial charge in [-0.3, -0.25) is 4.79 Å². The van der Waals surface area contributed by atoms with Crippen LogP contribution in [0.25, 0.3) is 21.9 Å². The van der Waals surface area contributed by atoms with Gasteiger partial charge in [-0.1, -0.05) is 43.0 Å². The Labute approximate surface area is 234 Å². The zero-order valence-corrected chi connectivity index (χ0v) is 23.1. The van der Waals surface area contributed by atoms with Gasteiger partial charge in [-0.05, 0) is 62.0 Å². The molecule has 0 spiro atoms. The maximum Gasteiger partial charge on any atom is 0.309 e. The number of nitrogens with two attached hydrogens (primary N) is 1. The number of aliphatic carboxylic acids is 1. The molecule has 0 bridgehead atoms. The molecule has 0 aliphatic rings. The molecule has 0 aliphatic carbocycles. The van der Waals surface area contributed by atoms with E-state index < -0.39 is 11.4 Å². The van der Waals surface area contributed by atoms with Gasteiger partial charge in [-0.25, -0.2) is 9.97 Å². The van der Waals surface area contributed by atoms with E-state index in [2.05, 4.69) is 39.3 Å². The summed E-state index contributed by atoms with van der Waals surface area (Å²) in [6.45, 7) is 7.53. The van der Waals surface area contributed by atoms with E-state index in [1.54, 1.807) is 13.8 Å². The zero-order chi connectivity index (χ0) is 28.7. The summed E-state index contributed by atoms with van der Waals surface area (Å²) in [5.74, 6) is 0.569. The lowest BCUT2D eigenvalue weighted by Crippen LogP contribution is -2.27. The lowest BCUT2D eigenvalue weighted by atomic mass is 9.89. The molecular formula is C32H35N5O3. The van der Waals surface area contributed by atoms with Gasteiger partial charge < -0.3 is 25.5 Å². The molecule has 0 fully saturated rings. The Kier molecular flexibility index (Phi) is 8.69. The Bertz CT molecular complexity index is 1620. The van der Waals surface area contributed by atoms with Crippen LogP contribution in [0.15, 0.2) is 91.6 Å². The summed E-state index contributed by atoms with van der Waals surface area (Å²) in [4.78, 5) is 21.4. The molecule has 0 radical (unpaired) electrons. The predicted molar refractivity (Wildman–Crippen MR) is 160 cm³/mol. The minimum atomic E-state index is -0.948. The fourth-order valence-electron chi connectivity index (χ4n) is 4.34. The lowest BCUT2D eigenvalue weighted by Gasteiger charge is -2.19. The molecule has 40 heavy (non-hydrogen) atoms. The first-order valence-corrected chi connectivity index (χ1v) is 13.0. The number of hydrogen-bond donors (Lipinski definition) is 3. The molecule has 0 atom stereocenters. The molecule has 4 N–H and O–H groups in total. The van der Waals surface area contributed by atoms with Crippen LogP contribution in [-0.2, 0) is 24.4 Å². The van der Waals surface area contributed by atoms with Gasteiger partial charge in [0.05, 0.1) is 27.7 Å². The Morgan fingerprint density at radius 2 is 1.77 bits per heavy atom. The van der Waals surface area contributed by atoms with Gasteiger partial charge in [-0.2, -0.15) is 0 Å². The van der Waals surface area contributed by atoms with Crippen molar-refractivity contribution < 1.29 is 14.6 Å². The van der Waals surface area contributed by atoms with Crippen molar-refractivity contribution >= 4 is 33.6 Å². The van der Waals surface area contributed by atoms with Crippen LogP contribution in [0.3, 0.4) is 0 Å². The van der Waals surface area contributed by atoms with E-state index in [0.29, 0.717) is 25.3 Å². The Morgan fingerprint density at radius 3 is 2.48 bits per heavy atom. The Hall–Kier alpha value is -4.85. The smallest absolute Gasteiger partial charge is 0.309 e. The van der Waals surface area contributed by atoms with Gasteiger partial charge in [-0.15, -0.1) is 0 Å². The van der Waals surface area contributed by atoms with E-state index >= 15 is 0 Å². The average molecular weight is 538 g/mol. The summed E-state index contributed by atoms with van der Waals surface area (Å²) in [6.07, 6.45) is 1.56. The molecule has 5 rings (SSSR count). The molecule has 2 aromatic heterocycles. The number of nitrogens with one attached hydrogen (secondary N) is 1. The summed E-state index contributed by atoms with van der Waals surface area (Å²) in [6, 6.07) is 26.0. The predicted octanol–water partition coefficient (Wildman–Crippen LogP) is 6.00. The third-order valence-electron chi connectivity index (χ3n) is 6.60. The van der Waals surface area contributed by atoms with Gasteiger partial charge in [0.1, 0.15) is 18.2 Å². The first-order chi connectivity index (χ1) is 19.2. The number of anilines is 1. The van der Waals surface area contributed by atoms with Crippen molar-refractivity contribution in [3.8, 4) is 5.75 Å². The molecule has 3 aromatic carbocycles. The number of pyridine rings is 1. The molecule has 0 saturated heterocycles. The summed E-state index contributed by atoms with van der Waals surface area (Å²) >= 11 is 0. The fraction of sp³-hybridized carbons (Fsp3) is 0.219. The van der Waals surface area contributed by atoms with Crippen LogP contribution in [0.4, 0.5) is 5.69 Å². The van der Waals surface area contributed by atoms with Crippen LogP contribution >= 0.6 is 0 Å². The van der Waals surface area contributed by atoms with E-state index in [4.69, 9.17) is 9.72 Å². The minimum absolute atomic E-state index is 0.308. The van der Waals surface area contributed by atoms with Crippen molar-refractivity contribution in [1.29, 1.82) is 0 Å². The highest BCUT2D eigenvalue weighted by atomic mass is 16.5. The highest BCUT2D eigenvalue weighted by Crippen LogP contribution is 2.28. The largest absolute Gasteiger partial charge is 0.487 e. The molecule has 2 heterocycles. The number of para-hydroxylation sites is 1. The van der Waals surface area contributed by atoms with Crippen LogP contribution in [0.5, 0.6) is 5.75 Å². The van der Waals surface area contributed by atoms with Crippen LogP contribution in [0.1, 0.15) is 30.9 Å². The molecule has 0 saturated carbocycles. The number of carboxylic acids is 1. The third-order valence-corrected chi connectivity index (χ3v) is 6.60. The number of ether oxygens (including phenoxy) is 1. The van der Waals surface area contributed by atoms with E-state index in [-0.39, 0.29) is 0 Å². The molecule has 206 valence electrons. The topological polar surface area (TPSA) is 115 Å². The number of nitrogens with zero attached hydrogens (tertiary/aromatic N) is 3. The number of aromatic nitrogens is 3. The van der Waals surface area contributed by atoms with Crippen LogP contribution in [0.2, 0.25) is 0 Å². The molecular weight excluding hydrogens is 502 g/mol. The molecule has 0 aliphatic heterocycles. The average Bonchev–Trinajstić information content (AvgIpc) is 3.27. The first kappa shape index (κ1) is 28.2. The molecule has 8 nitrogen and oxygen atoms in total. The second-order valence-electron chi connectivity index (χ2n) is 10.1. The zero-order valence-electron chi connectivity index (χ0n) is 23.1. The first-order valence-electron chi connectivity index (χ1n) is 13.0. The van der Waals surface area contributed by atoms with Crippen LogP contribution < -0.4 is 15.8 Å². The fourth-order valence-corrected chi connectivity index (χ4v) is 4.34. The number of carbonyl (C=O) groups is 1. The van der Waals surface area contributed by atoms with Crippen molar-refractivity contribution in [3.63, 3.8) is 0 Å². The monoisotopic (exact) mass is 537 g/mol. The number of fused-ring (bicyclic) bond motifs is 2. The van der Waals surface area contributed by atoms with Gasteiger partial charge in [0.25, 0.3) is 0 Å². The Balaban J connectivity index is 0.00000118. The number of hydrogen-bond acceptors (Lipinski definition) is 6. The molecule has 0 amide bonds. The summed E-state index contributed by atoms with van der Waals surface area (Å²) in [5, 5.41) is 14.0. The van der Waals surface area contributed by atoms with Gasteiger partial charge in [0, 0.05) is 37.2 Å². The second-order valence-corrected chi connectivity index (χ2v) is 10.1. The van der Waals surface area contributed by atoms with Crippen molar-refractivity contribution in [1.82, 2.24) is 14.5 Å². The van der Waals surface area contributed by atoms with Crippen molar-refractivity contribution in [2.45, 2.75) is 33.4 Å². The van der Waals surface area contributed by atoms with E-state index in [1.807, 2.05) is 73.8 Å². The standard InChI is InChI=1S/C30H30N4O3.C2H5N/c1-30(2,29(35)36)17-28-33-26-16-24(37-19-23-13-10-21-6-4-5-7-25(21)32-23)14-15-27(26)34(28)18-20-8-11-22(31-3)12-9-20;1-2-3/h4-16,31H,17-19H2,1-3H3,(H,35,36);2H,1,3H2. The van der Waals surface area contributed by atoms with Crippen molar-refractivity contribution in [3.05, 3.63) is 109 Å². The summed E-state index contributed by atoms with van der Waals surface area (Å²) in [7, 11) is 1.89. The summed E-state index contributed by atoms with van der Waals surface area (Å²) < 4.78 is 8.17. The lowest BCUT2D eigenvalue weighted by molar-refractivity contribution is -0.146. The van der Waals surface area contributed by atoms with Gasteiger partial charge >= 0.3 is 5.97 Å². The van der Waals surface area contributed by atoms with E-state index in [0.717, 1.165) is 44.7 Å². The van der Waals surface area contributed by atoms with Crippen LogP contribution in [0, 0.1) is 5.41 Å². The highest BCUT2D eigenvalue weighted by molar-refractivity contribution is 5.79. The minimum Gasteiger partial charge on any atom is -0.487 e. The van der Waals surface area contributed by atoms with E-state index in [1.165, 1.54) is 6.20 Å². The number of imidazole rings is 1. The number of rotatable bonds is 9.